The van der Waals surface area contributed by atoms with Gasteiger partial charge in [-0.15, -0.1) is 0 Å². The molecule has 1 saturated carbocycles. The number of carbonyl (C=O) groups is 2. The van der Waals surface area contributed by atoms with Crippen LogP contribution in [0, 0.1) is 5.92 Å². The molecular weight excluding hydrogens is 409 g/mol. The summed E-state index contributed by atoms with van der Waals surface area (Å²) in [5, 5.41) is 2.79. The van der Waals surface area contributed by atoms with Gasteiger partial charge in [0.05, 0.1) is 12.7 Å². The first-order valence-corrected chi connectivity index (χ1v) is 10.4. The van der Waals surface area contributed by atoms with Gasteiger partial charge >= 0.3 is 12.2 Å². The molecule has 0 spiro atoms. The lowest BCUT2D eigenvalue weighted by Crippen LogP contribution is -2.42. The van der Waals surface area contributed by atoms with E-state index in [1.54, 1.807) is 18.2 Å². The second-order valence-corrected chi connectivity index (χ2v) is 8.57. The Labute approximate surface area is 180 Å². The second kappa shape index (κ2) is 8.96. The normalized spacial score (nSPS) is 25.9. The summed E-state index contributed by atoms with van der Waals surface area (Å²) in [6.07, 6.45) is 2.33. The Hall–Kier alpha value is -2.45. The Balaban J connectivity index is 1.96. The molecule has 2 amide bonds. The molecule has 31 heavy (non-hydrogen) atoms. The number of rotatable bonds is 5. The topological polar surface area (TPSA) is 55.4 Å². The van der Waals surface area contributed by atoms with Crippen molar-refractivity contribution in [2.24, 2.45) is 5.92 Å². The zero-order valence-electron chi connectivity index (χ0n) is 18.0. The minimum atomic E-state index is -4.53. The van der Waals surface area contributed by atoms with Gasteiger partial charge < -0.3 is 4.74 Å². The van der Waals surface area contributed by atoms with Crippen LogP contribution in [-0.4, -0.2) is 43.2 Å². The molecule has 1 heterocycles. The molecule has 1 aromatic rings. The van der Waals surface area contributed by atoms with Crippen molar-refractivity contribution in [3.63, 3.8) is 0 Å². The lowest BCUT2D eigenvalue weighted by molar-refractivity contribution is -0.713. The van der Waals surface area contributed by atoms with Gasteiger partial charge in [0.15, 0.2) is 5.78 Å². The molecule has 3 atom stereocenters. The Morgan fingerprint density at radius 2 is 2.00 bits per heavy atom. The molecule has 3 unspecified atom stereocenters. The van der Waals surface area contributed by atoms with E-state index in [9.17, 15) is 22.8 Å². The average molecular weight is 437 g/mol. The van der Waals surface area contributed by atoms with E-state index in [0.717, 1.165) is 43.5 Å². The molecular formula is C23H28F3N2O3+. The van der Waals surface area contributed by atoms with Crippen LogP contribution in [0.1, 0.15) is 54.4 Å². The number of carbonyl (C=O) groups excluding carboxylic acids is 2. The van der Waals surface area contributed by atoms with E-state index in [4.69, 9.17) is 4.74 Å². The smallest absolute Gasteiger partial charge is 0.377 e. The van der Waals surface area contributed by atoms with Crippen LogP contribution in [0.25, 0.3) is 0 Å². The maximum Gasteiger partial charge on any atom is 0.430 e. The van der Waals surface area contributed by atoms with Crippen LogP contribution in [0.2, 0.25) is 0 Å². The number of benzene rings is 1. The van der Waals surface area contributed by atoms with Crippen LogP contribution in [-0.2, 0) is 4.74 Å². The summed E-state index contributed by atoms with van der Waals surface area (Å²) in [5.41, 5.74) is 0.840. The third-order valence-electron chi connectivity index (χ3n) is 6.00. The van der Waals surface area contributed by atoms with Crippen LogP contribution < -0.4 is 5.32 Å². The Bertz CT molecular complexity index is 923. The highest BCUT2D eigenvalue weighted by atomic mass is 19.4. The van der Waals surface area contributed by atoms with Crippen molar-refractivity contribution in [1.29, 1.82) is 0 Å². The number of alkyl halides is 3. The zero-order valence-corrected chi connectivity index (χ0v) is 18.0. The number of hydrogen-bond donors (Lipinski definition) is 1. The summed E-state index contributed by atoms with van der Waals surface area (Å²) in [7, 11) is 2.83. The van der Waals surface area contributed by atoms with Gasteiger partial charge in [0, 0.05) is 18.7 Å². The van der Waals surface area contributed by atoms with Crippen LogP contribution in [0.15, 0.2) is 42.2 Å². The predicted octanol–water partition coefficient (Wildman–Crippen LogP) is 5.76. The summed E-state index contributed by atoms with van der Waals surface area (Å²) >= 11 is 0. The van der Waals surface area contributed by atoms with Crippen molar-refractivity contribution in [3.8, 4) is 0 Å². The summed E-state index contributed by atoms with van der Waals surface area (Å²) < 4.78 is 43.5. The van der Waals surface area contributed by atoms with Crippen molar-refractivity contribution in [1.82, 2.24) is 0 Å². The fourth-order valence-electron chi connectivity index (χ4n) is 4.40. The quantitative estimate of drug-likeness (QED) is 0.471. The minimum absolute atomic E-state index is 0.0803. The highest BCUT2D eigenvalue weighted by Crippen LogP contribution is 2.41. The fourth-order valence-corrected chi connectivity index (χ4v) is 4.40. The molecule has 0 radical (unpaired) electrons. The van der Waals surface area contributed by atoms with E-state index < -0.39 is 22.3 Å². The second-order valence-electron chi connectivity index (χ2n) is 8.57. The molecule has 1 aliphatic carbocycles. The van der Waals surface area contributed by atoms with Crippen molar-refractivity contribution in [3.05, 3.63) is 53.4 Å². The number of amides is 2. The maximum atomic E-state index is 13.0. The molecule has 1 aliphatic heterocycles. The van der Waals surface area contributed by atoms with Crippen LogP contribution in [0.3, 0.4) is 0 Å². The van der Waals surface area contributed by atoms with Crippen LogP contribution in [0.5, 0.6) is 0 Å². The van der Waals surface area contributed by atoms with Crippen molar-refractivity contribution in [2.45, 2.75) is 44.7 Å². The number of allylic oxidation sites excluding steroid dienone is 2. The molecule has 0 aromatic heterocycles. The highest BCUT2D eigenvalue weighted by molar-refractivity contribution is 6.01. The number of hydrogen-bond acceptors (Lipinski definition) is 3. The summed E-state index contributed by atoms with van der Waals surface area (Å²) in [4.78, 5) is 25.7. The van der Waals surface area contributed by atoms with E-state index in [1.807, 2.05) is 0 Å². The summed E-state index contributed by atoms with van der Waals surface area (Å²) in [6, 6.07) is 4.47. The van der Waals surface area contributed by atoms with Crippen LogP contribution in [0.4, 0.5) is 23.7 Å². The Morgan fingerprint density at radius 3 is 2.61 bits per heavy atom. The molecule has 2 aliphatic rings. The molecule has 1 fully saturated rings. The van der Waals surface area contributed by atoms with Gasteiger partial charge in [-0.05, 0) is 36.3 Å². The number of halogens is 3. The number of nitrogens with zero attached hydrogens (tertiary/aromatic N) is 1. The third kappa shape index (κ3) is 5.07. The summed E-state index contributed by atoms with van der Waals surface area (Å²) in [5.74, 6) is 0.375. The van der Waals surface area contributed by atoms with E-state index in [-0.39, 0.29) is 18.3 Å². The Kier molecular flexibility index (Phi) is 6.71. The van der Waals surface area contributed by atoms with Crippen molar-refractivity contribution >= 4 is 17.5 Å². The lowest BCUT2D eigenvalue weighted by atomic mass is 9.76. The first-order chi connectivity index (χ1) is 14.5. The van der Waals surface area contributed by atoms with Gasteiger partial charge in [-0.25, -0.2) is 4.79 Å². The molecule has 1 N–H and O–H groups in total. The van der Waals surface area contributed by atoms with Crippen molar-refractivity contribution < 1.29 is 32.0 Å². The number of quaternary nitrogens is 1. The Morgan fingerprint density at radius 1 is 1.26 bits per heavy atom. The number of ketones is 1. The number of urea groups is 1. The third-order valence-corrected chi connectivity index (χ3v) is 6.00. The molecule has 168 valence electrons. The van der Waals surface area contributed by atoms with Gasteiger partial charge in [0.25, 0.3) is 0 Å². The average Bonchev–Trinajstić information content (AvgIpc) is 3.12. The van der Waals surface area contributed by atoms with E-state index >= 15 is 0 Å². The van der Waals surface area contributed by atoms with E-state index in [0.29, 0.717) is 17.2 Å². The van der Waals surface area contributed by atoms with E-state index in [1.165, 1.54) is 20.4 Å². The van der Waals surface area contributed by atoms with Gasteiger partial charge in [0.2, 0.25) is 0 Å². The fraction of sp³-hybridized carbons (Fsp3) is 0.478. The first kappa shape index (κ1) is 23.2. The maximum absolute atomic E-state index is 13.0. The largest absolute Gasteiger partial charge is 0.430 e. The number of ether oxygens (including phenoxy) is 1. The molecule has 1 aromatic carbocycles. The molecule has 3 rings (SSSR count). The van der Waals surface area contributed by atoms with E-state index in [2.05, 4.69) is 12.2 Å². The summed E-state index contributed by atoms with van der Waals surface area (Å²) in [6.45, 7) is 2.08. The number of nitrogens with one attached hydrogen (secondary N) is 1. The molecule has 0 saturated heterocycles. The number of methoxy groups -OCH3 is 1. The predicted molar refractivity (Wildman–Crippen MR) is 112 cm³/mol. The number of anilines is 1. The monoisotopic (exact) mass is 437 g/mol. The van der Waals surface area contributed by atoms with Gasteiger partial charge in [0.1, 0.15) is 24.6 Å². The van der Waals surface area contributed by atoms with Gasteiger partial charge in [-0.1, -0.05) is 31.9 Å². The molecule has 0 bridgehead atoms. The first-order valence-electron chi connectivity index (χ1n) is 10.4. The number of Topliss-reactive ketones (excluding diaryl/α,β-unsaturated/α-hetero) is 1. The van der Waals surface area contributed by atoms with Gasteiger partial charge in [-0.2, -0.15) is 17.7 Å². The van der Waals surface area contributed by atoms with Crippen LogP contribution >= 0.6 is 0 Å². The van der Waals surface area contributed by atoms with Gasteiger partial charge in [-0.3, -0.25) is 10.1 Å². The zero-order chi connectivity index (χ0) is 22.8. The highest BCUT2D eigenvalue weighted by Gasteiger charge is 2.42. The standard InChI is InChI=1S/C23H27F3N2O3/c1-15-6-4-7-16(12-15)21-18(20(29)14-31-3)8-5-9-19(21)27-22(30)28(2)11-10-17(13-28)23(24,25)26/h5,8-11,13,15-16H,4,6-7,12,14H2,1-3H3/p+1. The SMILES string of the molecule is COCC(=O)c1cccc(NC(=O)[N+]2(C)C=CC(C(F)(F)F)=C2)c1C1CCCC(C)C1. The van der Waals surface area contributed by atoms with Crippen molar-refractivity contribution in [2.75, 3.05) is 26.1 Å². The lowest BCUT2D eigenvalue weighted by Gasteiger charge is -2.30. The molecule has 8 heteroatoms. The molecule has 5 nitrogen and oxygen atoms in total. The minimum Gasteiger partial charge on any atom is -0.377 e.